The molecule has 2 nitrogen and oxygen atoms in total. The number of Topliss-reactive ketones (excluding diaryl/α,β-unsaturated/α-hetero) is 1. The first-order chi connectivity index (χ1) is 8.34. The van der Waals surface area contributed by atoms with Gasteiger partial charge in [0.2, 0.25) is 0 Å². The van der Waals surface area contributed by atoms with E-state index in [1.807, 2.05) is 0 Å². The molecule has 0 amide bonds. The molecule has 0 N–H and O–H groups in total. The molecule has 1 fully saturated rings. The van der Waals surface area contributed by atoms with Crippen LogP contribution in [0.25, 0.3) is 0 Å². The van der Waals surface area contributed by atoms with Crippen LogP contribution in [0.2, 0.25) is 18.1 Å². The maximum atomic E-state index is 12.4. The summed E-state index contributed by atoms with van der Waals surface area (Å²) in [7, 11) is -1.82. The predicted octanol–water partition coefficient (Wildman–Crippen LogP) is 4.79. The quantitative estimate of drug-likeness (QED) is 0.681. The van der Waals surface area contributed by atoms with Gasteiger partial charge in [-0.1, -0.05) is 41.5 Å². The van der Waals surface area contributed by atoms with Crippen LogP contribution >= 0.6 is 0 Å². The molecule has 0 saturated heterocycles. The first-order valence-corrected chi connectivity index (χ1v) is 10.5. The number of carbonyl (C=O) groups excluding carboxylic acids is 1. The molecular weight excluding hydrogens is 252 g/mol. The number of ketones is 1. The summed E-state index contributed by atoms with van der Waals surface area (Å²) in [6, 6.07) is 0. The minimum Gasteiger partial charge on any atom is -0.407 e. The Hall–Kier alpha value is -0.153. The van der Waals surface area contributed by atoms with Gasteiger partial charge >= 0.3 is 0 Å². The van der Waals surface area contributed by atoms with Crippen molar-refractivity contribution in [3.63, 3.8) is 0 Å². The Balaban J connectivity index is 2.68. The zero-order valence-corrected chi connectivity index (χ0v) is 15.1. The Bertz CT molecular complexity index is 334. The first kappa shape index (κ1) is 16.9. The summed E-state index contributed by atoms with van der Waals surface area (Å²) in [6.45, 7) is 17.9. The fraction of sp³-hybridized carbons (Fsp3) is 0.938. The van der Waals surface area contributed by atoms with E-state index in [0.717, 1.165) is 12.8 Å². The van der Waals surface area contributed by atoms with Gasteiger partial charge in [-0.2, -0.15) is 0 Å². The average Bonchev–Trinajstić information content (AvgIpc) is 2.17. The molecule has 19 heavy (non-hydrogen) atoms. The Morgan fingerprint density at radius 3 is 1.95 bits per heavy atom. The van der Waals surface area contributed by atoms with Gasteiger partial charge in [-0.05, 0) is 42.3 Å². The summed E-state index contributed by atoms with van der Waals surface area (Å²) in [4.78, 5) is 12.4. The molecule has 0 heterocycles. The second-order valence-corrected chi connectivity index (χ2v) is 13.4. The SMILES string of the molecule is CC(C)(C)[C@H]1CC[C@H](O[Si](C)(C)C(C)(C)C)C(=O)C1. The number of hydrogen-bond acceptors (Lipinski definition) is 2. The predicted molar refractivity (Wildman–Crippen MR) is 83.9 cm³/mol. The van der Waals surface area contributed by atoms with Crippen molar-refractivity contribution in [3.05, 3.63) is 0 Å². The molecule has 1 aliphatic carbocycles. The fourth-order valence-corrected chi connectivity index (χ4v) is 3.70. The van der Waals surface area contributed by atoms with E-state index in [0.29, 0.717) is 18.1 Å². The van der Waals surface area contributed by atoms with E-state index < -0.39 is 8.32 Å². The van der Waals surface area contributed by atoms with Gasteiger partial charge in [-0.15, -0.1) is 0 Å². The van der Waals surface area contributed by atoms with Crippen LogP contribution in [0.4, 0.5) is 0 Å². The minimum atomic E-state index is -1.82. The standard InChI is InChI=1S/C16H32O2Si/c1-15(2,3)12-9-10-14(13(17)11-12)18-19(7,8)16(4,5)6/h12,14H,9-11H2,1-8H3/t12-,14-/m0/s1. The van der Waals surface area contributed by atoms with Crippen LogP contribution in [0.1, 0.15) is 60.8 Å². The van der Waals surface area contributed by atoms with Crippen LogP contribution in [0.3, 0.4) is 0 Å². The van der Waals surface area contributed by atoms with Crippen molar-refractivity contribution < 1.29 is 9.22 Å². The Morgan fingerprint density at radius 1 is 1.05 bits per heavy atom. The molecule has 0 aromatic rings. The third-order valence-electron chi connectivity index (χ3n) is 5.05. The van der Waals surface area contributed by atoms with Crippen molar-refractivity contribution in [2.75, 3.05) is 0 Å². The molecule has 112 valence electrons. The van der Waals surface area contributed by atoms with Crippen LogP contribution < -0.4 is 0 Å². The summed E-state index contributed by atoms with van der Waals surface area (Å²) in [6.07, 6.45) is 2.59. The molecule has 2 atom stereocenters. The van der Waals surface area contributed by atoms with Crippen molar-refractivity contribution >= 4 is 14.1 Å². The summed E-state index contributed by atoms with van der Waals surface area (Å²) < 4.78 is 6.31. The van der Waals surface area contributed by atoms with E-state index in [4.69, 9.17) is 4.43 Å². The first-order valence-electron chi connectivity index (χ1n) is 7.55. The topological polar surface area (TPSA) is 26.3 Å². The van der Waals surface area contributed by atoms with Crippen LogP contribution in [0.5, 0.6) is 0 Å². The van der Waals surface area contributed by atoms with Crippen LogP contribution in [0, 0.1) is 11.3 Å². The van der Waals surface area contributed by atoms with Gasteiger partial charge in [0.15, 0.2) is 14.1 Å². The average molecular weight is 285 g/mol. The van der Waals surface area contributed by atoms with E-state index >= 15 is 0 Å². The summed E-state index contributed by atoms with van der Waals surface area (Å²) in [5.74, 6) is 0.843. The highest BCUT2D eigenvalue weighted by Gasteiger charge is 2.43. The van der Waals surface area contributed by atoms with Gasteiger partial charge in [0.05, 0.1) is 0 Å². The smallest absolute Gasteiger partial charge is 0.193 e. The molecule has 0 spiro atoms. The van der Waals surface area contributed by atoms with Gasteiger partial charge < -0.3 is 4.43 Å². The second-order valence-electron chi connectivity index (χ2n) is 8.68. The molecule has 0 aromatic heterocycles. The highest BCUT2D eigenvalue weighted by atomic mass is 28.4. The number of carbonyl (C=O) groups is 1. The monoisotopic (exact) mass is 284 g/mol. The molecule has 1 aliphatic rings. The van der Waals surface area contributed by atoms with E-state index in [9.17, 15) is 4.79 Å². The van der Waals surface area contributed by atoms with Crippen molar-refractivity contribution in [1.82, 2.24) is 0 Å². The van der Waals surface area contributed by atoms with E-state index in [1.54, 1.807) is 0 Å². The largest absolute Gasteiger partial charge is 0.407 e. The van der Waals surface area contributed by atoms with Crippen molar-refractivity contribution in [2.45, 2.75) is 85.0 Å². The zero-order valence-electron chi connectivity index (χ0n) is 14.1. The van der Waals surface area contributed by atoms with Crippen molar-refractivity contribution in [1.29, 1.82) is 0 Å². The van der Waals surface area contributed by atoms with Gasteiger partial charge in [-0.25, -0.2) is 0 Å². The van der Waals surface area contributed by atoms with Crippen LogP contribution in [0.15, 0.2) is 0 Å². The molecule has 1 saturated carbocycles. The highest BCUT2D eigenvalue weighted by molar-refractivity contribution is 6.74. The molecule has 0 radical (unpaired) electrons. The van der Waals surface area contributed by atoms with Crippen LogP contribution in [-0.4, -0.2) is 20.2 Å². The van der Waals surface area contributed by atoms with E-state index in [2.05, 4.69) is 54.6 Å². The lowest BCUT2D eigenvalue weighted by atomic mass is 9.71. The maximum absolute atomic E-state index is 12.4. The van der Waals surface area contributed by atoms with Gasteiger partial charge in [0, 0.05) is 6.42 Å². The van der Waals surface area contributed by atoms with Crippen LogP contribution in [-0.2, 0) is 9.22 Å². The third kappa shape index (κ3) is 4.15. The Labute approximate surface area is 120 Å². The minimum absolute atomic E-state index is 0.139. The summed E-state index contributed by atoms with van der Waals surface area (Å²) >= 11 is 0. The zero-order chi connectivity index (χ0) is 15.1. The third-order valence-corrected chi connectivity index (χ3v) is 9.54. The Kier molecular flexibility index (Phi) is 4.73. The molecule has 0 aliphatic heterocycles. The second kappa shape index (κ2) is 5.32. The lowest BCUT2D eigenvalue weighted by Gasteiger charge is -2.42. The normalized spacial score (nSPS) is 26.6. The summed E-state index contributed by atoms with van der Waals surface area (Å²) in [5.41, 5.74) is 0.234. The lowest BCUT2D eigenvalue weighted by molar-refractivity contribution is -0.131. The van der Waals surface area contributed by atoms with Crippen molar-refractivity contribution in [2.24, 2.45) is 11.3 Å². The van der Waals surface area contributed by atoms with Gasteiger partial charge in [0.1, 0.15) is 6.10 Å². The molecule has 3 heteroatoms. The maximum Gasteiger partial charge on any atom is 0.193 e. The molecule has 0 unspecified atom stereocenters. The summed E-state index contributed by atoms with van der Waals surface area (Å²) in [5, 5.41) is 0.175. The fourth-order valence-electron chi connectivity index (χ4n) is 2.39. The molecule has 0 aromatic carbocycles. The number of hydrogen-bond donors (Lipinski definition) is 0. The molecule has 0 bridgehead atoms. The van der Waals surface area contributed by atoms with E-state index in [-0.39, 0.29) is 16.6 Å². The van der Waals surface area contributed by atoms with Gasteiger partial charge in [-0.3, -0.25) is 4.79 Å². The molecule has 1 rings (SSSR count). The van der Waals surface area contributed by atoms with Crippen molar-refractivity contribution in [3.8, 4) is 0 Å². The van der Waals surface area contributed by atoms with E-state index in [1.165, 1.54) is 0 Å². The number of rotatable bonds is 2. The lowest BCUT2D eigenvalue weighted by Crippen LogP contribution is -2.48. The highest BCUT2D eigenvalue weighted by Crippen LogP contribution is 2.41. The molecular formula is C16H32O2Si. The Morgan fingerprint density at radius 2 is 1.58 bits per heavy atom. The van der Waals surface area contributed by atoms with Gasteiger partial charge in [0.25, 0.3) is 0 Å².